The van der Waals surface area contributed by atoms with Gasteiger partial charge in [-0.3, -0.25) is 4.79 Å². The summed E-state index contributed by atoms with van der Waals surface area (Å²) in [4.78, 5) is 11.6. The van der Waals surface area contributed by atoms with Crippen LogP contribution in [0.25, 0.3) is 0 Å². The minimum Gasteiger partial charge on any atom is -0.502 e. The highest BCUT2D eigenvalue weighted by molar-refractivity contribution is 5.71. The van der Waals surface area contributed by atoms with Crippen LogP contribution in [0.15, 0.2) is 11.8 Å². The summed E-state index contributed by atoms with van der Waals surface area (Å²) >= 11 is 0. The maximum atomic E-state index is 11.6. The highest BCUT2D eigenvalue weighted by atomic mass is 16.5. The van der Waals surface area contributed by atoms with Crippen LogP contribution in [0.2, 0.25) is 0 Å². The zero-order chi connectivity index (χ0) is 13.6. The lowest BCUT2D eigenvalue weighted by Gasteiger charge is -2.26. The van der Waals surface area contributed by atoms with Crippen molar-refractivity contribution in [1.82, 2.24) is 0 Å². The van der Waals surface area contributed by atoms with Gasteiger partial charge in [0, 0.05) is 5.92 Å². The first kappa shape index (κ1) is 16.0. The van der Waals surface area contributed by atoms with Crippen LogP contribution in [0.1, 0.15) is 41.5 Å². The Morgan fingerprint density at radius 3 is 2.00 bits per heavy atom. The van der Waals surface area contributed by atoms with Gasteiger partial charge in [-0.05, 0) is 18.9 Å². The number of carbonyl (C=O) groups excluding carboxylic acids is 1. The van der Waals surface area contributed by atoms with Crippen LogP contribution in [0.3, 0.4) is 0 Å². The van der Waals surface area contributed by atoms with E-state index in [0.717, 1.165) is 5.76 Å². The number of ether oxygens (including phenoxy) is 2. The Bertz CT molecular complexity index is 267. The van der Waals surface area contributed by atoms with Crippen molar-refractivity contribution in [2.24, 2.45) is 17.8 Å². The molecule has 0 unspecified atom stereocenters. The zero-order valence-electron chi connectivity index (χ0n) is 12.1. The number of rotatable bonds is 6. The highest BCUT2D eigenvalue weighted by Crippen LogP contribution is 2.20. The Labute approximate surface area is 105 Å². The molecule has 0 amide bonds. The van der Waals surface area contributed by atoms with Gasteiger partial charge in [0.05, 0.1) is 18.8 Å². The molecule has 3 nitrogen and oxygen atoms in total. The van der Waals surface area contributed by atoms with Crippen LogP contribution in [0, 0.1) is 17.8 Å². The van der Waals surface area contributed by atoms with E-state index in [4.69, 9.17) is 9.47 Å². The molecule has 0 aromatic rings. The van der Waals surface area contributed by atoms with Gasteiger partial charge in [-0.25, -0.2) is 0 Å². The van der Waals surface area contributed by atoms with E-state index in [9.17, 15) is 4.79 Å². The number of esters is 1. The topological polar surface area (TPSA) is 35.5 Å². The third-order valence-corrected chi connectivity index (χ3v) is 2.72. The van der Waals surface area contributed by atoms with Crippen molar-refractivity contribution in [3.63, 3.8) is 0 Å². The van der Waals surface area contributed by atoms with Gasteiger partial charge in [0.2, 0.25) is 0 Å². The molecule has 0 aliphatic rings. The van der Waals surface area contributed by atoms with Gasteiger partial charge < -0.3 is 9.47 Å². The standard InChI is InChI=1S/C14H26O3/c1-9(2)13(17-14(15)10(3)4)11(5)8-12(6)16-7/h8-11,13H,1-7H3/b12-8+/t11-,13+/m0/s1. The summed E-state index contributed by atoms with van der Waals surface area (Å²) in [5, 5.41) is 0. The van der Waals surface area contributed by atoms with E-state index in [0.29, 0.717) is 0 Å². The predicted octanol–water partition coefficient (Wildman–Crippen LogP) is 3.40. The van der Waals surface area contributed by atoms with Gasteiger partial charge in [0.15, 0.2) is 0 Å². The molecule has 0 heterocycles. The van der Waals surface area contributed by atoms with Gasteiger partial charge in [0.25, 0.3) is 0 Å². The number of hydrogen-bond donors (Lipinski definition) is 0. The zero-order valence-corrected chi connectivity index (χ0v) is 12.1. The summed E-state index contributed by atoms with van der Waals surface area (Å²) in [6.45, 7) is 11.8. The van der Waals surface area contributed by atoms with Crippen LogP contribution in [0.5, 0.6) is 0 Å². The summed E-state index contributed by atoms with van der Waals surface area (Å²) in [7, 11) is 1.64. The molecule has 0 aliphatic carbocycles. The number of carbonyl (C=O) groups is 1. The Morgan fingerprint density at radius 2 is 1.65 bits per heavy atom. The van der Waals surface area contributed by atoms with Crippen LogP contribution >= 0.6 is 0 Å². The van der Waals surface area contributed by atoms with Crippen molar-refractivity contribution >= 4 is 5.97 Å². The third kappa shape index (κ3) is 5.76. The van der Waals surface area contributed by atoms with E-state index < -0.39 is 0 Å². The number of hydrogen-bond acceptors (Lipinski definition) is 3. The molecule has 100 valence electrons. The van der Waals surface area contributed by atoms with Gasteiger partial charge in [-0.1, -0.05) is 34.6 Å². The molecule has 0 aliphatic heterocycles. The molecule has 17 heavy (non-hydrogen) atoms. The lowest BCUT2D eigenvalue weighted by Crippen LogP contribution is -2.31. The molecule has 0 N–H and O–H groups in total. The Hall–Kier alpha value is -0.990. The molecular weight excluding hydrogens is 216 g/mol. The molecule has 0 rings (SSSR count). The average Bonchev–Trinajstić information content (AvgIpc) is 2.24. The minimum atomic E-state index is -0.140. The largest absolute Gasteiger partial charge is 0.502 e. The first-order valence-electron chi connectivity index (χ1n) is 6.22. The lowest BCUT2D eigenvalue weighted by molar-refractivity contribution is -0.157. The van der Waals surface area contributed by atoms with Crippen LogP contribution < -0.4 is 0 Å². The van der Waals surface area contributed by atoms with E-state index in [1.54, 1.807) is 7.11 Å². The molecule has 3 heteroatoms. The van der Waals surface area contributed by atoms with Crippen LogP contribution in [-0.4, -0.2) is 19.2 Å². The van der Waals surface area contributed by atoms with Crippen LogP contribution in [-0.2, 0) is 14.3 Å². The van der Waals surface area contributed by atoms with Gasteiger partial charge in [-0.2, -0.15) is 0 Å². The van der Waals surface area contributed by atoms with Gasteiger partial charge >= 0.3 is 5.97 Å². The van der Waals surface area contributed by atoms with E-state index >= 15 is 0 Å². The molecular formula is C14H26O3. The quantitative estimate of drug-likeness (QED) is 0.529. The Morgan fingerprint density at radius 1 is 1.12 bits per heavy atom. The smallest absolute Gasteiger partial charge is 0.308 e. The predicted molar refractivity (Wildman–Crippen MR) is 69.5 cm³/mol. The molecule has 2 atom stereocenters. The van der Waals surface area contributed by atoms with E-state index in [1.807, 2.05) is 33.8 Å². The number of allylic oxidation sites excluding steroid dienone is 1. The summed E-state index contributed by atoms with van der Waals surface area (Å²) in [6, 6.07) is 0. The fraction of sp³-hybridized carbons (Fsp3) is 0.786. The van der Waals surface area contributed by atoms with Crippen molar-refractivity contribution in [2.75, 3.05) is 7.11 Å². The summed E-state index contributed by atoms with van der Waals surface area (Å²) in [5.74, 6) is 1.06. The second kappa shape index (κ2) is 7.36. The first-order valence-corrected chi connectivity index (χ1v) is 6.22. The van der Waals surface area contributed by atoms with E-state index in [1.165, 1.54) is 0 Å². The second-order valence-corrected chi connectivity index (χ2v) is 5.14. The van der Waals surface area contributed by atoms with Crippen molar-refractivity contribution in [3.8, 4) is 0 Å². The summed E-state index contributed by atoms with van der Waals surface area (Å²) < 4.78 is 10.7. The first-order chi connectivity index (χ1) is 7.79. The van der Waals surface area contributed by atoms with Crippen LogP contribution in [0.4, 0.5) is 0 Å². The maximum absolute atomic E-state index is 11.6. The molecule has 0 fully saturated rings. The van der Waals surface area contributed by atoms with Crippen molar-refractivity contribution in [2.45, 2.75) is 47.6 Å². The lowest BCUT2D eigenvalue weighted by atomic mass is 9.94. The SMILES string of the molecule is CO/C(C)=C/[C@H](C)[C@H](OC(=O)C(C)C)C(C)C. The summed E-state index contributed by atoms with van der Waals surface area (Å²) in [6.07, 6.45) is 1.90. The van der Waals surface area contributed by atoms with Crippen molar-refractivity contribution < 1.29 is 14.3 Å². The van der Waals surface area contributed by atoms with Gasteiger partial charge in [-0.15, -0.1) is 0 Å². The molecule has 0 saturated carbocycles. The molecule has 0 bridgehead atoms. The Balaban J connectivity index is 4.69. The van der Waals surface area contributed by atoms with Gasteiger partial charge in [0.1, 0.15) is 6.10 Å². The van der Waals surface area contributed by atoms with Crippen molar-refractivity contribution in [1.29, 1.82) is 0 Å². The maximum Gasteiger partial charge on any atom is 0.308 e. The molecule has 0 saturated heterocycles. The van der Waals surface area contributed by atoms with E-state index in [-0.39, 0.29) is 29.8 Å². The third-order valence-electron chi connectivity index (χ3n) is 2.72. The molecule has 0 aromatic heterocycles. The average molecular weight is 242 g/mol. The Kier molecular flexibility index (Phi) is 6.93. The number of methoxy groups -OCH3 is 1. The van der Waals surface area contributed by atoms with Crippen molar-refractivity contribution in [3.05, 3.63) is 11.8 Å². The second-order valence-electron chi connectivity index (χ2n) is 5.14. The fourth-order valence-corrected chi connectivity index (χ4v) is 1.65. The molecule has 0 spiro atoms. The summed E-state index contributed by atoms with van der Waals surface area (Å²) in [5.41, 5.74) is 0. The highest BCUT2D eigenvalue weighted by Gasteiger charge is 2.25. The monoisotopic (exact) mass is 242 g/mol. The molecule has 0 aromatic carbocycles. The minimum absolute atomic E-state index is 0.0871. The molecule has 0 radical (unpaired) electrons. The van der Waals surface area contributed by atoms with E-state index in [2.05, 4.69) is 13.8 Å². The normalized spacial score (nSPS) is 15.9. The fourth-order valence-electron chi connectivity index (χ4n) is 1.65.